The van der Waals surface area contributed by atoms with E-state index in [1.54, 1.807) is 13.0 Å². The fourth-order valence-corrected chi connectivity index (χ4v) is 3.71. The first-order chi connectivity index (χ1) is 15.4. The minimum absolute atomic E-state index is 0.0522. The van der Waals surface area contributed by atoms with Gasteiger partial charge in [-0.1, -0.05) is 0 Å². The van der Waals surface area contributed by atoms with Gasteiger partial charge in [-0.15, -0.1) is 5.10 Å². The lowest BCUT2D eigenvalue weighted by Crippen LogP contribution is -2.16. The maximum absolute atomic E-state index is 13.6. The minimum Gasteiger partial charge on any atom is -0.360 e. The summed E-state index contributed by atoms with van der Waals surface area (Å²) in [6, 6.07) is 2.54. The molecule has 5 rings (SSSR count). The van der Waals surface area contributed by atoms with Crippen LogP contribution in [-0.2, 0) is 0 Å². The van der Waals surface area contributed by atoms with E-state index in [2.05, 4.69) is 35.3 Å². The van der Waals surface area contributed by atoms with E-state index >= 15 is 0 Å². The second-order valence-corrected chi connectivity index (χ2v) is 7.80. The van der Waals surface area contributed by atoms with Crippen LogP contribution in [-0.4, -0.2) is 34.7 Å². The molecule has 8 nitrogen and oxygen atoms in total. The van der Waals surface area contributed by atoms with Gasteiger partial charge < -0.3 is 5.32 Å². The van der Waals surface area contributed by atoms with Crippen molar-refractivity contribution < 1.29 is 13.2 Å². The Morgan fingerprint density at radius 2 is 1.84 bits per heavy atom. The van der Waals surface area contributed by atoms with E-state index in [4.69, 9.17) is 0 Å². The molecule has 164 valence electrons. The van der Waals surface area contributed by atoms with Crippen LogP contribution in [0.5, 0.6) is 0 Å². The van der Waals surface area contributed by atoms with Crippen LogP contribution in [0.4, 0.5) is 19.0 Å². The molecule has 11 heteroatoms. The second kappa shape index (κ2) is 7.81. The number of aryl methyl sites for hydroxylation is 1. The van der Waals surface area contributed by atoms with Gasteiger partial charge in [0.1, 0.15) is 18.0 Å². The maximum atomic E-state index is 13.6. The molecule has 1 N–H and O–H groups in total. The van der Waals surface area contributed by atoms with Gasteiger partial charge >= 0.3 is 0 Å². The van der Waals surface area contributed by atoms with Crippen LogP contribution in [0.3, 0.4) is 0 Å². The van der Waals surface area contributed by atoms with Crippen molar-refractivity contribution in [2.75, 3.05) is 5.32 Å². The molecule has 0 bridgehead atoms. The Morgan fingerprint density at radius 3 is 2.53 bits per heavy atom. The standard InChI is InChI=1S/C21H19F3N8/c1-10(20-30-11(2)31-32(20)21-25-7-14(22)8-26-21)29-19-16-6-13(18(23)24)5-15(12-3-4-12)17(16)27-9-28-19/h5-10,12,18H,3-4H2,1-2H3,(H,27,28,29)/t10-/m0/s1. The van der Waals surface area contributed by atoms with Crippen molar-refractivity contribution in [1.82, 2.24) is 34.7 Å². The predicted octanol–water partition coefficient (Wildman–Crippen LogP) is 4.44. The molecule has 0 unspecified atom stereocenters. The van der Waals surface area contributed by atoms with Crippen molar-refractivity contribution in [2.45, 2.75) is 45.1 Å². The highest BCUT2D eigenvalue weighted by atomic mass is 19.3. The van der Waals surface area contributed by atoms with Crippen LogP contribution in [0.15, 0.2) is 30.9 Å². The number of hydrogen-bond donors (Lipinski definition) is 1. The monoisotopic (exact) mass is 440 g/mol. The number of rotatable bonds is 6. The topological polar surface area (TPSA) is 94.3 Å². The Hall–Kier alpha value is -3.63. The van der Waals surface area contributed by atoms with Crippen molar-refractivity contribution in [3.05, 3.63) is 59.4 Å². The quantitative estimate of drug-likeness (QED) is 0.474. The molecule has 3 aromatic heterocycles. The van der Waals surface area contributed by atoms with Crippen LogP contribution >= 0.6 is 0 Å². The van der Waals surface area contributed by atoms with Gasteiger partial charge in [0.25, 0.3) is 12.4 Å². The summed E-state index contributed by atoms with van der Waals surface area (Å²) in [5, 5.41) is 8.07. The third-order valence-electron chi connectivity index (χ3n) is 5.33. The third-order valence-corrected chi connectivity index (χ3v) is 5.33. The van der Waals surface area contributed by atoms with E-state index in [1.807, 2.05) is 6.92 Å². The molecule has 1 saturated carbocycles. The first-order valence-electron chi connectivity index (χ1n) is 10.2. The normalized spacial score (nSPS) is 14.8. The van der Waals surface area contributed by atoms with Gasteiger partial charge in [-0.05, 0) is 50.3 Å². The molecule has 32 heavy (non-hydrogen) atoms. The summed E-state index contributed by atoms with van der Waals surface area (Å²) >= 11 is 0. The van der Waals surface area contributed by atoms with Crippen LogP contribution in [0.25, 0.3) is 16.9 Å². The summed E-state index contributed by atoms with van der Waals surface area (Å²) in [5.74, 6) is 1.21. The number of benzene rings is 1. The molecule has 1 aliphatic carbocycles. The smallest absolute Gasteiger partial charge is 0.263 e. The molecule has 0 spiro atoms. The van der Waals surface area contributed by atoms with Gasteiger partial charge in [0.05, 0.1) is 24.0 Å². The first kappa shape index (κ1) is 20.3. The molecule has 1 atom stereocenters. The molecular formula is C21H19F3N8. The zero-order valence-corrected chi connectivity index (χ0v) is 17.3. The lowest BCUT2D eigenvalue weighted by molar-refractivity contribution is 0.151. The summed E-state index contributed by atoms with van der Waals surface area (Å²) in [6.07, 6.45) is 2.85. The summed E-state index contributed by atoms with van der Waals surface area (Å²) in [4.78, 5) is 21.1. The minimum atomic E-state index is -2.59. The van der Waals surface area contributed by atoms with E-state index in [0.717, 1.165) is 30.8 Å². The number of aromatic nitrogens is 7. The van der Waals surface area contributed by atoms with Crippen LogP contribution in [0.1, 0.15) is 60.9 Å². The Morgan fingerprint density at radius 1 is 1.09 bits per heavy atom. The van der Waals surface area contributed by atoms with Gasteiger partial charge in [0.15, 0.2) is 11.6 Å². The lowest BCUT2D eigenvalue weighted by Gasteiger charge is -2.17. The summed E-state index contributed by atoms with van der Waals surface area (Å²) in [7, 11) is 0. The van der Waals surface area contributed by atoms with E-state index in [-0.39, 0.29) is 17.4 Å². The molecule has 0 amide bonds. The van der Waals surface area contributed by atoms with Crippen LogP contribution < -0.4 is 5.32 Å². The number of hydrogen-bond acceptors (Lipinski definition) is 7. The van der Waals surface area contributed by atoms with E-state index < -0.39 is 18.3 Å². The van der Waals surface area contributed by atoms with Crippen LogP contribution in [0, 0.1) is 12.7 Å². The maximum Gasteiger partial charge on any atom is 0.263 e. The number of anilines is 1. The number of nitrogens with zero attached hydrogens (tertiary/aromatic N) is 7. The van der Waals surface area contributed by atoms with Crippen molar-refractivity contribution in [2.24, 2.45) is 0 Å². The van der Waals surface area contributed by atoms with Crippen molar-refractivity contribution >= 4 is 16.7 Å². The highest BCUT2D eigenvalue weighted by Crippen LogP contribution is 2.44. The Kier molecular flexibility index (Phi) is 4.95. The summed E-state index contributed by atoms with van der Waals surface area (Å²) in [5.41, 5.74) is 1.44. The third kappa shape index (κ3) is 3.74. The van der Waals surface area contributed by atoms with Gasteiger partial charge in [-0.25, -0.2) is 38.1 Å². The van der Waals surface area contributed by atoms with Crippen LogP contribution in [0.2, 0.25) is 0 Å². The molecule has 0 saturated heterocycles. The molecule has 3 heterocycles. The summed E-state index contributed by atoms with van der Waals surface area (Å²) in [6.45, 7) is 3.54. The number of halogens is 3. The Labute approximate surface area is 181 Å². The highest BCUT2D eigenvalue weighted by molar-refractivity contribution is 5.92. The SMILES string of the molecule is Cc1nc([C@H](C)Nc2ncnc3c(C4CC4)cc(C(F)F)cc23)n(-c2ncc(F)cn2)n1. The summed E-state index contributed by atoms with van der Waals surface area (Å²) < 4.78 is 41.8. The van der Waals surface area contributed by atoms with Gasteiger partial charge in [-0.3, -0.25) is 0 Å². The second-order valence-electron chi connectivity index (χ2n) is 7.80. The van der Waals surface area contributed by atoms with Crippen molar-refractivity contribution in [3.63, 3.8) is 0 Å². The Bertz CT molecular complexity index is 1280. The highest BCUT2D eigenvalue weighted by Gasteiger charge is 2.28. The molecule has 1 aromatic carbocycles. The Balaban J connectivity index is 1.55. The number of nitrogens with one attached hydrogen (secondary N) is 1. The van der Waals surface area contributed by atoms with Gasteiger partial charge in [-0.2, -0.15) is 4.68 Å². The van der Waals surface area contributed by atoms with E-state index in [9.17, 15) is 13.2 Å². The van der Waals surface area contributed by atoms with E-state index in [1.165, 1.54) is 17.1 Å². The predicted molar refractivity (Wildman–Crippen MR) is 110 cm³/mol. The molecule has 1 fully saturated rings. The first-order valence-corrected chi connectivity index (χ1v) is 10.2. The molecule has 4 aromatic rings. The largest absolute Gasteiger partial charge is 0.360 e. The molecular weight excluding hydrogens is 421 g/mol. The lowest BCUT2D eigenvalue weighted by atomic mass is 10.0. The van der Waals surface area contributed by atoms with E-state index in [0.29, 0.717) is 28.4 Å². The molecule has 0 radical (unpaired) electrons. The van der Waals surface area contributed by atoms with Gasteiger partial charge in [0, 0.05) is 10.9 Å². The fraction of sp³-hybridized carbons (Fsp3) is 0.333. The number of alkyl halides is 2. The van der Waals surface area contributed by atoms with Crippen molar-refractivity contribution in [3.8, 4) is 5.95 Å². The van der Waals surface area contributed by atoms with Gasteiger partial charge in [0.2, 0.25) is 0 Å². The van der Waals surface area contributed by atoms with Crippen molar-refractivity contribution in [1.29, 1.82) is 0 Å². The fourth-order valence-electron chi connectivity index (χ4n) is 3.71. The average molecular weight is 440 g/mol. The number of fused-ring (bicyclic) bond motifs is 1. The average Bonchev–Trinajstić information content (AvgIpc) is 3.55. The molecule has 0 aliphatic heterocycles. The zero-order chi connectivity index (χ0) is 22.4. The molecule has 1 aliphatic rings. The zero-order valence-electron chi connectivity index (χ0n) is 17.3.